The lowest BCUT2D eigenvalue weighted by atomic mass is 10.2. The van der Waals surface area contributed by atoms with Crippen molar-refractivity contribution in [2.45, 2.75) is 30.3 Å². The van der Waals surface area contributed by atoms with Crippen molar-refractivity contribution in [1.82, 2.24) is 19.2 Å². The van der Waals surface area contributed by atoms with Crippen LogP contribution < -0.4 is 4.74 Å². The molecule has 0 spiro atoms. The van der Waals surface area contributed by atoms with Crippen molar-refractivity contribution < 1.29 is 17.9 Å². The van der Waals surface area contributed by atoms with Crippen molar-refractivity contribution in [1.29, 1.82) is 0 Å². The number of rotatable bonds is 5. The van der Waals surface area contributed by atoms with Gasteiger partial charge in [-0.2, -0.15) is 4.31 Å². The van der Waals surface area contributed by atoms with E-state index in [0.717, 1.165) is 12.8 Å². The van der Waals surface area contributed by atoms with Crippen LogP contribution in [0.4, 0.5) is 0 Å². The normalized spacial score (nSPS) is 20.2. The number of carbonyl (C=O) groups excluding carboxylic acids is 1. The van der Waals surface area contributed by atoms with E-state index in [9.17, 15) is 13.2 Å². The van der Waals surface area contributed by atoms with E-state index in [1.165, 1.54) is 28.8 Å². The lowest BCUT2D eigenvalue weighted by molar-refractivity contribution is 0.0769. The molecule has 2 aromatic rings. The lowest BCUT2D eigenvalue weighted by Crippen LogP contribution is -2.31. The third kappa shape index (κ3) is 4.36. The Bertz CT molecular complexity index is 976. The molecule has 1 aromatic heterocycles. The molecule has 1 aromatic carbocycles. The Morgan fingerprint density at radius 2 is 1.72 bits per heavy atom. The van der Waals surface area contributed by atoms with Crippen LogP contribution in [0.3, 0.4) is 0 Å². The molecule has 0 N–H and O–H groups in total. The summed E-state index contributed by atoms with van der Waals surface area (Å²) >= 11 is 5.76. The van der Waals surface area contributed by atoms with Gasteiger partial charge in [0.05, 0.1) is 28.9 Å². The summed E-state index contributed by atoms with van der Waals surface area (Å²) in [6.45, 7) is 2.06. The zero-order valence-corrected chi connectivity index (χ0v) is 17.3. The molecule has 4 rings (SSSR count). The maximum atomic E-state index is 12.8. The van der Waals surface area contributed by atoms with Gasteiger partial charge in [-0.15, -0.1) is 0 Å². The van der Waals surface area contributed by atoms with Crippen LogP contribution in [-0.2, 0) is 10.0 Å². The first-order chi connectivity index (χ1) is 13.9. The van der Waals surface area contributed by atoms with Crippen molar-refractivity contribution >= 4 is 27.5 Å². The molecule has 3 heterocycles. The topological polar surface area (TPSA) is 92.7 Å². The van der Waals surface area contributed by atoms with E-state index >= 15 is 0 Å². The predicted molar refractivity (Wildman–Crippen MR) is 106 cm³/mol. The SMILES string of the molecule is O=C(c1ccc(S(=O)(=O)N2CCCC2)cc1)N1CC[C@@H](Oc2ncc(Cl)cn2)C1. The molecule has 1 amide bonds. The number of amides is 1. The van der Waals surface area contributed by atoms with Gasteiger partial charge in [-0.1, -0.05) is 11.6 Å². The number of sulfonamides is 1. The second-order valence-corrected chi connectivity index (χ2v) is 9.47. The molecular weight excluding hydrogens is 416 g/mol. The van der Waals surface area contributed by atoms with Crippen LogP contribution in [-0.4, -0.2) is 65.8 Å². The summed E-state index contributed by atoms with van der Waals surface area (Å²) < 4.78 is 32.4. The van der Waals surface area contributed by atoms with E-state index in [0.29, 0.717) is 43.2 Å². The smallest absolute Gasteiger partial charge is 0.316 e. The van der Waals surface area contributed by atoms with Gasteiger partial charge >= 0.3 is 6.01 Å². The standard InChI is InChI=1S/C19H21ClN4O4S/c20-15-11-21-19(22-12-15)28-16-7-10-23(13-16)18(25)14-3-5-17(6-4-14)29(26,27)24-8-1-2-9-24/h3-6,11-12,16H,1-2,7-10,13H2/t16-/m1/s1. The Kier molecular flexibility index (Phi) is 5.71. The number of hydrogen-bond acceptors (Lipinski definition) is 6. The summed E-state index contributed by atoms with van der Waals surface area (Å²) in [6, 6.07) is 6.38. The molecule has 2 fully saturated rings. The van der Waals surface area contributed by atoms with E-state index in [2.05, 4.69) is 9.97 Å². The van der Waals surface area contributed by atoms with Gasteiger partial charge in [-0.05, 0) is 37.1 Å². The number of carbonyl (C=O) groups is 1. The fraction of sp³-hybridized carbons (Fsp3) is 0.421. The van der Waals surface area contributed by atoms with Gasteiger partial charge in [-0.25, -0.2) is 18.4 Å². The zero-order valence-electron chi connectivity index (χ0n) is 15.7. The van der Waals surface area contributed by atoms with Gasteiger partial charge < -0.3 is 9.64 Å². The molecule has 8 nitrogen and oxygen atoms in total. The highest BCUT2D eigenvalue weighted by atomic mass is 35.5. The number of halogens is 1. The fourth-order valence-corrected chi connectivity index (χ4v) is 5.16. The second-order valence-electron chi connectivity index (χ2n) is 7.10. The Hall–Kier alpha value is -2.23. The largest absolute Gasteiger partial charge is 0.458 e. The van der Waals surface area contributed by atoms with Gasteiger partial charge in [0.15, 0.2) is 0 Å². The van der Waals surface area contributed by atoms with Crippen molar-refractivity contribution in [2.24, 2.45) is 0 Å². The quantitative estimate of drug-likeness (QED) is 0.713. The van der Waals surface area contributed by atoms with Crippen LogP contribution in [0, 0.1) is 0 Å². The number of aromatic nitrogens is 2. The minimum absolute atomic E-state index is 0.154. The van der Waals surface area contributed by atoms with Gasteiger partial charge in [0, 0.05) is 31.6 Å². The maximum Gasteiger partial charge on any atom is 0.316 e. The minimum Gasteiger partial charge on any atom is -0.458 e. The highest BCUT2D eigenvalue weighted by molar-refractivity contribution is 7.89. The number of ether oxygens (including phenoxy) is 1. The van der Waals surface area contributed by atoms with Gasteiger partial charge in [0.2, 0.25) is 10.0 Å². The van der Waals surface area contributed by atoms with Crippen molar-refractivity contribution in [3.8, 4) is 6.01 Å². The van der Waals surface area contributed by atoms with Crippen LogP contribution in [0.15, 0.2) is 41.6 Å². The average molecular weight is 437 g/mol. The molecule has 0 saturated carbocycles. The third-order valence-electron chi connectivity index (χ3n) is 5.11. The molecular formula is C19H21ClN4O4S. The van der Waals surface area contributed by atoms with Crippen LogP contribution >= 0.6 is 11.6 Å². The summed E-state index contributed by atoms with van der Waals surface area (Å²) in [5.74, 6) is -0.154. The number of hydrogen-bond donors (Lipinski definition) is 0. The molecule has 154 valence electrons. The molecule has 29 heavy (non-hydrogen) atoms. The van der Waals surface area contributed by atoms with Crippen LogP contribution in [0.2, 0.25) is 5.02 Å². The molecule has 0 radical (unpaired) electrons. The van der Waals surface area contributed by atoms with Crippen molar-refractivity contribution in [2.75, 3.05) is 26.2 Å². The third-order valence-corrected chi connectivity index (χ3v) is 7.21. The average Bonchev–Trinajstić information content (AvgIpc) is 3.42. The number of nitrogens with zero attached hydrogens (tertiary/aromatic N) is 4. The molecule has 0 aliphatic carbocycles. The van der Waals surface area contributed by atoms with E-state index in [1.807, 2.05) is 0 Å². The van der Waals surface area contributed by atoms with E-state index in [1.54, 1.807) is 17.0 Å². The minimum atomic E-state index is -3.48. The van der Waals surface area contributed by atoms with Crippen LogP contribution in [0.5, 0.6) is 6.01 Å². The van der Waals surface area contributed by atoms with Crippen LogP contribution in [0.25, 0.3) is 0 Å². The number of likely N-dealkylation sites (tertiary alicyclic amines) is 1. The Morgan fingerprint density at radius 1 is 1.07 bits per heavy atom. The van der Waals surface area contributed by atoms with Gasteiger partial charge in [0.1, 0.15) is 6.10 Å². The lowest BCUT2D eigenvalue weighted by Gasteiger charge is -2.18. The summed E-state index contributed by atoms with van der Waals surface area (Å²) in [5, 5.41) is 0.427. The molecule has 10 heteroatoms. The summed E-state index contributed by atoms with van der Waals surface area (Å²) in [4.78, 5) is 22.7. The molecule has 2 aliphatic rings. The maximum absolute atomic E-state index is 12.8. The Morgan fingerprint density at radius 3 is 2.38 bits per heavy atom. The molecule has 0 bridgehead atoms. The Labute approximate surface area is 174 Å². The van der Waals surface area contributed by atoms with Gasteiger partial charge in [0.25, 0.3) is 5.91 Å². The fourth-order valence-electron chi connectivity index (χ4n) is 3.55. The van der Waals surface area contributed by atoms with Crippen molar-refractivity contribution in [3.05, 3.63) is 47.2 Å². The molecule has 0 unspecified atom stereocenters. The zero-order chi connectivity index (χ0) is 20.4. The summed E-state index contributed by atoms with van der Waals surface area (Å²) in [6.07, 6.45) is 5.15. The Balaban J connectivity index is 1.39. The second kappa shape index (κ2) is 8.25. The summed E-state index contributed by atoms with van der Waals surface area (Å²) in [7, 11) is -3.48. The predicted octanol–water partition coefficient (Wildman–Crippen LogP) is 2.21. The van der Waals surface area contributed by atoms with Gasteiger partial charge in [-0.3, -0.25) is 4.79 Å². The van der Waals surface area contributed by atoms with E-state index in [-0.39, 0.29) is 22.9 Å². The van der Waals surface area contributed by atoms with E-state index < -0.39 is 10.0 Å². The molecule has 2 aliphatic heterocycles. The van der Waals surface area contributed by atoms with Crippen molar-refractivity contribution in [3.63, 3.8) is 0 Å². The first-order valence-electron chi connectivity index (χ1n) is 9.47. The highest BCUT2D eigenvalue weighted by Gasteiger charge is 2.30. The first-order valence-corrected chi connectivity index (χ1v) is 11.3. The monoisotopic (exact) mass is 436 g/mol. The van der Waals surface area contributed by atoms with Crippen LogP contribution in [0.1, 0.15) is 29.6 Å². The highest BCUT2D eigenvalue weighted by Crippen LogP contribution is 2.23. The number of benzene rings is 1. The molecule has 1 atom stereocenters. The summed E-state index contributed by atoms with van der Waals surface area (Å²) in [5.41, 5.74) is 0.453. The van der Waals surface area contributed by atoms with E-state index in [4.69, 9.17) is 16.3 Å². The first kappa shape index (κ1) is 20.1. The molecule has 2 saturated heterocycles.